The molecule has 0 aliphatic carbocycles. The Morgan fingerprint density at radius 2 is 2.10 bits per heavy atom. The molecule has 2 aromatic rings. The van der Waals surface area contributed by atoms with Crippen molar-refractivity contribution in [1.29, 1.82) is 0 Å². The van der Waals surface area contributed by atoms with Crippen LogP contribution in [0, 0.1) is 19.3 Å². The summed E-state index contributed by atoms with van der Waals surface area (Å²) in [5, 5.41) is 3.39. The summed E-state index contributed by atoms with van der Waals surface area (Å²) in [7, 11) is 0. The molecular weight excluding hydrogens is 314 g/mol. The van der Waals surface area contributed by atoms with Gasteiger partial charge in [-0.05, 0) is 42.8 Å². The molecule has 3 heteroatoms. The van der Waals surface area contributed by atoms with Crippen molar-refractivity contribution < 1.29 is 4.74 Å². The van der Waals surface area contributed by atoms with Crippen LogP contribution in [0.2, 0.25) is 0 Å². The molecule has 2 nitrogen and oxygen atoms in total. The largest absolute Gasteiger partial charge is 0.481 e. The van der Waals surface area contributed by atoms with Crippen LogP contribution in [0.1, 0.15) is 11.1 Å². The summed E-state index contributed by atoms with van der Waals surface area (Å²) < 4.78 is 6.58. The Morgan fingerprint density at radius 3 is 2.85 bits per heavy atom. The first-order valence-electron chi connectivity index (χ1n) is 6.34. The van der Waals surface area contributed by atoms with E-state index in [2.05, 4.69) is 46.2 Å². The summed E-state index contributed by atoms with van der Waals surface area (Å²) in [6.07, 6.45) is 5.24. The molecule has 0 atom stereocenters. The number of aryl methyl sites for hydroxylation is 1. The van der Waals surface area contributed by atoms with Crippen molar-refractivity contribution in [3.8, 4) is 18.1 Å². The third-order valence-corrected chi connectivity index (χ3v) is 3.33. The van der Waals surface area contributed by atoms with Crippen LogP contribution in [0.25, 0.3) is 0 Å². The van der Waals surface area contributed by atoms with Crippen molar-refractivity contribution in [2.24, 2.45) is 0 Å². The number of anilines is 1. The highest BCUT2D eigenvalue weighted by molar-refractivity contribution is 9.10. The van der Waals surface area contributed by atoms with Crippen LogP contribution in [-0.2, 0) is 6.54 Å². The van der Waals surface area contributed by atoms with Gasteiger partial charge in [0, 0.05) is 22.3 Å². The van der Waals surface area contributed by atoms with Gasteiger partial charge in [-0.25, -0.2) is 0 Å². The molecule has 2 rings (SSSR count). The van der Waals surface area contributed by atoms with Crippen LogP contribution >= 0.6 is 15.9 Å². The van der Waals surface area contributed by atoms with Gasteiger partial charge < -0.3 is 10.1 Å². The maximum atomic E-state index is 5.56. The topological polar surface area (TPSA) is 21.3 Å². The average Bonchev–Trinajstić information content (AvgIpc) is 2.44. The Hall–Kier alpha value is -1.92. The summed E-state index contributed by atoms with van der Waals surface area (Å²) in [6, 6.07) is 14.2. The fourth-order valence-corrected chi connectivity index (χ4v) is 2.31. The maximum Gasteiger partial charge on any atom is 0.148 e. The van der Waals surface area contributed by atoms with Crippen LogP contribution in [0.15, 0.2) is 46.9 Å². The van der Waals surface area contributed by atoms with Crippen LogP contribution in [0.4, 0.5) is 5.69 Å². The zero-order chi connectivity index (χ0) is 14.4. The number of rotatable bonds is 5. The lowest BCUT2D eigenvalue weighted by molar-refractivity contribution is 0.366. The number of terminal acetylenes is 1. The van der Waals surface area contributed by atoms with Gasteiger partial charge in [-0.2, -0.15) is 0 Å². The quantitative estimate of drug-likeness (QED) is 0.822. The summed E-state index contributed by atoms with van der Waals surface area (Å²) >= 11 is 3.48. The summed E-state index contributed by atoms with van der Waals surface area (Å²) in [6.45, 7) is 3.04. The average molecular weight is 330 g/mol. The van der Waals surface area contributed by atoms with Gasteiger partial charge in [0.1, 0.15) is 12.4 Å². The van der Waals surface area contributed by atoms with Gasteiger partial charge >= 0.3 is 0 Å². The number of ether oxygens (including phenoxy) is 1. The third-order valence-electron chi connectivity index (χ3n) is 2.83. The molecule has 0 aliphatic heterocycles. The van der Waals surface area contributed by atoms with Crippen molar-refractivity contribution in [2.45, 2.75) is 13.5 Å². The molecule has 0 heterocycles. The van der Waals surface area contributed by atoms with E-state index in [1.807, 2.05) is 30.3 Å². The second kappa shape index (κ2) is 7.02. The predicted molar refractivity (Wildman–Crippen MR) is 87.0 cm³/mol. The molecule has 0 radical (unpaired) electrons. The Bertz CT molecular complexity index is 631. The third kappa shape index (κ3) is 4.04. The molecule has 0 unspecified atom stereocenters. The minimum Gasteiger partial charge on any atom is -0.481 e. The van der Waals surface area contributed by atoms with Crippen molar-refractivity contribution >= 4 is 21.6 Å². The van der Waals surface area contributed by atoms with E-state index in [9.17, 15) is 0 Å². The minimum absolute atomic E-state index is 0.277. The molecule has 0 saturated carbocycles. The first-order valence-corrected chi connectivity index (χ1v) is 7.13. The molecule has 0 aliphatic rings. The van der Waals surface area contributed by atoms with Gasteiger partial charge in [0.25, 0.3) is 0 Å². The number of halogens is 1. The molecule has 0 fully saturated rings. The van der Waals surface area contributed by atoms with Crippen molar-refractivity contribution in [2.75, 3.05) is 11.9 Å². The molecule has 2 aromatic carbocycles. The monoisotopic (exact) mass is 329 g/mol. The van der Waals surface area contributed by atoms with Gasteiger partial charge in [-0.3, -0.25) is 0 Å². The van der Waals surface area contributed by atoms with Crippen LogP contribution in [0.5, 0.6) is 5.75 Å². The second-order valence-corrected chi connectivity index (χ2v) is 5.38. The second-order valence-electron chi connectivity index (χ2n) is 4.47. The van der Waals surface area contributed by atoms with Crippen molar-refractivity contribution in [3.05, 3.63) is 58.1 Å². The van der Waals surface area contributed by atoms with E-state index >= 15 is 0 Å². The maximum absolute atomic E-state index is 5.56. The van der Waals surface area contributed by atoms with E-state index in [1.54, 1.807) is 0 Å². The minimum atomic E-state index is 0.277. The predicted octanol–water partition coefficient (Wildman–Crippen LogP) is 4.38. The molecular formula is C17H16BrNO. The first kappa shape index (κ1) is 14.5. The Balaban J connectivity index is 2.11. The van der Waals surface area contributed by atoms with E-state index < -0.39 is 0 Å². The Morgan fingerprint density at radius 1 is 1.25 bits per heavy atom. The fourth-order valence-electron chi connectivity index (χ4n) is 1.90. The zero-order valence-electron chi connectivity index (χ0n) is 11.3. The van der Waals surface area contributed by atoms with E-state index in [1.165, 1.54) is 5.56 Å². The number of benzene rings is 2. The number of hydrogen-bond acceptors (Lipinski definition) is 2. The fraction of sp³-hybridized carbons (Fsp3) is 0.176. The highest BCUT2D eigenvalue weighted by Gasteiger charge is 2.04. The van der Waals surface area contributed by atoms with E-state index in [-0.39, 0.29) is 6.61 Å². The molecule has 0 saturated heterocycles. The molecule has 1 N–H and O–H groups in total. The van der Waals surface area contributed by atoms with Crippen molar-refractivity contribution in [1.82, 2.24) is 0 Å². The normalized spacial score (nSPS) is 9.85. The van der Waals surface area contributed by atoms with Crippen molar-refractivity contribution in [3.63, 3.8) is 0 Å². The Kier molecular flexibility index (Phi) is 5.09. The molecule has 0 amide bonds. The molecule has 102 valence electrons. The molecule has 20 heavy (non-hydrogen) atoms. The van der Waals surface area contributed by atoms with Crippen LogP contribution in [-0.4, -0.2) is 6.61 Å². The summed E-state index contributed by atoms with van der Waals surface area (Å²) in [5.74, 6) is 3.30. The molecule has 0 aromatic heterocycles. The first-order chi connectivity index (χ1) is 9.69. The highest BCUT2D eigenvalue weighted by Crippen LogP contribution is 2.24. The lowest BCUT2D eigenvalue weighted by atomic mass is 10.2. The van der Waals surface area contributed by atoms with Crippen LogP contribution < -0.4 is 10.1 Å². The molecule has 0 bridgehead atoms. The van der Waals surface area contributed by atoms with E-state index in [0.717, 1.165) is 21.5 Å². The van der Waals surface area contributed by atoms with E-state index in [4.69, 9.17) is 11.2 Å². The van der Waals surface area contributed by atoms with Gasteiger partial charge in [0.2, 0.25) is 0 Å². The SMILES string of the molecule is C#CCOc1ccc(Br)cc1CNc1cccc(C)c1. The summed E-state index contributed by atoms with van der Waals surface area (Å²) in [5.41, 5.74) is 3.39. The smallest absolute Gasteiger partial charge is 0.148 e. The Labute approximate surface area is 128 Å². The number of hydrogen-bond donors (Lipinski definition) is 1. The van der Waals surface area contributed by atoms with Gasteiger partial charge in [0.05, 0.1) is 0 Å². The summed E-state index contributed by atoms with van der Waals surface area (Å²) in [4.78, 5) is 0. The zero-order valence-corrected chi connectivity index (χ0v) is 12.9. The van der Waals surface area contributed by atoms with E-state index in [0.29, 0.717) is 6.54 Å². The van der Waals surface area contributed by atoms with Gasteiger partial charge in [-0.15, -0.1) is 6.42 Å². The number of nitrogens with one attached hydrogen (secondary N) is 1. The van der Waals surface area contributed by atoms with Gasteiger partial charge in [0.15, 0.2) is 0 Å². The lowest BCUT2D eigenvalue weighted by Gasteiger charge is -2.12. The molecule has 0 spiro atoms. The highest BCUT2D eigenvalue weighted by atomic mass is 79.9. The van der Waals surface area contributed by atoms with Crippen LogP contribution in [0.3, 0.4) is 0 Å². The standard InChI is InChI=1S/C17H16BrNO/c1-3-9-20-17-8-7-15(18)11-14(17)12-19-16-6-4-5-13(2)10-16/h1,4-8,10-11,19H,9,12H2,2H3. The lowest BCUT2D eigenvalue weighted by Crippen LogP contribution is -2.04. The van der Waals surface area contributed by atoms with Gasteiger partial charge in [-0.1, -0.05) is 34.0 Å².